The van der Waals surface area contributed by atoms with Crippen LogP contribution in [-0.4, -0.2) is 24.6 Å². The number of halogens is 1. The molecule has 0 bridgehead atoms. The van der Waals surface area contributed by atoms with E-state index in [-0.39, 0.29) is 10.9 Å². The van der Waals surface area contributed by atoms with Crippen LogP contribution in [0.3, 0.4) is 0 Å². The molecule has 0 radical (unpaired) electrons. The number of aromatic nitrogens is 2. The van der Waals surface area contributed by atoms with Gasteiger partial charge in [0.1, 0.15) is 5.75 Å². The molecular weight excluding hydrogens is 367 g/mol. The Bertz CT molecular complexity index is 639. The Kier molecular flexibility index (Phi) is 3.81. The van der Waals surface area contributed by atoms with Gasteiger partial charge < -0.3 is 4.74 Å². The van der Waals surface area contributed by atoms with Crippen LogP contribution in [0.15, 0.2) is 41.7 Å². The van der Waals surface area contributed by atoms with Crippen LogP contribution in [0.2, 0.25) is 0 Å². The van der Waals surface area contributed by atoms with Gasteiger partial charge in [-0.1, -0.05) is 0 Å². The van der Waals surface area contributed by atoms with E-state index in [4.69, 9.17) is 4.74 Å². The Labute approximate surface area is 118 Å². The van der Waals surface area contributed by atoms with E-state index in [1.165, 1.54) is 12.4 Å². The van der Waals surface area contributed by atoms with Gasteiger partial charge in [0.2, 0.25) is 5.88 Å². The molecule has 0 saturated heterocycles. The van der Waals surface area contributed by atoms with E-state index in [1.54, 1.807) is 12.1 Å². The van der Waals surface area contributed by atoms with Crippen molar-refractivity contribution >= 4 is 32.4 Å². The lowest BCUT2D eigenvalue weighted by Crippen LogP contribution is -2.01. The smallest absolute Gasteiger partial charge is 0.237 e. The zero-order valence-electron chi connectivity index (χ0n) is 9.37. The van der Waals surface area contributed by atoms with Gasteiger partial charge in [0.25, 0.3) is 0 Å². The normalized spacial score (nSPS) is 11.2. The highest BCUT2D eigenvalue weighted by Crippen LogP contribution is 2.20. The zero-order valence-corrected chi connectivity index (χ0v) is 12.3. The maximum Gasteiger partial charge on any atom is 0.237 e. The largest absolute Gasteiger partial charge is 0.438 e. The van der Waals surface area contributed by atoms with Crippen LogP contribution in [0, 0.1) is 3.57 Å². The minimum atomic E-state index is -3.33. The van der Waals surface area contributed by atoms with E-state index < -0.39 is 9.84 Å². The molecule has 7 heteroatoms. The summed E-state index contributed by atoms with van der Waals surface area (Å²) < 4.78 is 28.9. The summed E-state index contributed by atoms with van der Waals surface area (Å²) in [6, 6.07) is 7.39. The van der Waals surface area contributed by atoms with Crippen molar-refractivity contribution in [2.75, 3.05) is 6.26 Å². The highest BCUT2D eigenvalue weighted by atomic mass is 127. The van der Waals surface area contributed by atoms with Crippen LogP contribution in [0.1, 0.15) is 0 Å². The molecule has 0 aliphatic carbocycles. The lowest BCUT2D eigenvalue weighted by Gasteiger charge is -2.04. The molecule has 2 rings (SSSR count). The predicted molar refractivity (Wildman–Crippen MR) is 74.4 cm³/mol. The first kappa shape index (κ1) is 13.2. The van der Waals surface area contributed by atoms with E-state index in [1.807, 2.05) is 12.1 Å². The number of hydrogen-bond donors (Lipinski definition) is 0. The highest BCUT2D eigenvalue weighted by molar-refractivity contribution is 14.1. The number of benzene rings is 1. The second-order valence-electron chi connectivity index (χ2n) is 3.52. The fourth-order valence-corrected chi connectivity index (χ4v) is 2.02. The second-order valence-corrected chi connectivity index (χ2v) is 6.73. The molecule has 18 heavy (non-hydrogen) atoms. The third kappa shape index (κ3) is 3.39. The Morgan fingerprint density at radius 3 is 2.28 bits per heavy atom. The Balaban J connectivity index is 2.18. The maximum absolute atomic E-state index is 11.2. The molecule has 0 N–H and O–H groups in total. The summed E-state index contributed by atoms with van der Waals surface area (Å²) in [4.78, 5) is 7.68. The molecule has 1 aromatic carbocycles. The molecule has 2 aromatic rings. The fourth-order valence-electron chi connectivity index (χ4n) is 1.17. The first-order chi connectivity index (χ1) is 8.45. The summed E-state index contributed by atoms with van der Waals surface area (Å²) in [7, 11) is -3.33. The Morgan fingerprint density at radius 1 is 1.11 bits per heavy atom. The molecular formula is C11H9IN2O3S. The van der Waals surface area contributed by atoms with Gasteiger partial charge in [-0.15, -0.1) is 0 Å². The number of sulfone groups is 1. The molecule has 0 aliphatic heterocycles. The Hall–Kier alpha value is -1.22. The van der Waals surface area contributed by atoms with Gasteiger partial charge in [0.05, 0.1) is 12.4 Å². The van der Waals surface area contributed by atoms with Crippen LogP contribution in [0.25, 0.3) is 0 Å². The molecule has 0 unspecified atom stereocenters. The van der Waals surface area contributed by atoms with Crippen molar-refractivity contribution in [2.24, 2.45) is 0 Å². The molecule has 94 valence electrons. The SMILES string of the molecule is CS(=O)(=O)c1cnc(Oc2ccc(I)cc2)cn1. The minimum absolute atomic E-state index is 0.0718. The summed E-state index contributed by atoms with van der Waals surface area (Å²) in [6.45, 7) is 0. The van der Waals surface area contributed by atoms with Crippen molar-refractivity contribution in [3.63, 3.8) is 0 Å². The van der Waals surface area contributed by atoms with Crippen LogP contribution in [-0.2, 0) is 9.84 Å². The summed E-state index contributed by atoms with van der Waals surface area (Å²) in [5.74, 6) is 0.875. The molecule has 0 fully saturated rings. The zero-order chi connectivity index (χ0) is 13.2. The van der Waals surface area contributed by atoms with Gasteiger partial charge in [-0.25, -0.2) is 18.4 Å². The standard InChI is InChI=1S/C11H9IN2O3S/c1-18(15,16)11-7-13-10(6-14-11)17-9-4-2-8(12)3-5-9/h2-7H,1H3. The highest BCUT2D eigenvalue weighted by Gasteiger charge is 2.09. The molecule has 0 spiro atoms. The molecule has 0 atom stereocenters. The number of hydrogen-bond acceptors (Lipinski definition) is 5. The number of nitrogens with zero attached hydrogens (tertiary/aromatic N) is 2. The second kappa shape index (κ2) is 5.19. The Morgan fingerprint density at radius 2 is 1.78 bits per heavy atom. The number of ether oxygens (including phenoxy) is 1. The van der Waals surface area contributed by atoms with Crippen molar-refractivity contribution in [3.8, 4) is 11.6 Å². The van der Waals surface area contributed by atoms with Crippen LogP contribution < -0.4 is 4.74 Å². The van der Waals surface area contributed by atoms with Gasteiger partial charge >= 0.3 is 0 Å². The van der Waals surface area contributed by atoms with Crippen molar-refractivity contribution < 1.29 is 13.2 Å². The van der Waals surface area contributed by atoms with Crippen molar-refractivity contribution in [3.05, 3.63) is 40.2 Å². The molecule has 0 amide bonds. The van der Waals surface area contributed by atoms with Crippen molar-refractivity contribution in [2.45, 2.75) is 5.03 Å². The quantitative estimate of drug-likeness (QED) is 0.769. The van der Waals surface area contributed by atoms with Gasteiger partial charge in [0, 0.05) is 9.83 Å². The van der Waals surface area contributed by atoms with E-state index in [0.717, 1.165) is 9.83 Å². The van der Waals surface area contributed by atoms with Crippen molar-refractivity contribution in [1.82, 2.24) is 9.97 Å². The van der Waals surface area contributed by atoms with Gasteiger partial charge in [-0.05, 0) is 46.9 Å². The van der Waals surface area contributed by atoms with E-state index >= 15 is 0 Å². The molecule has 1 aromatic heterocycles. The van der Waals surface area contributed by atoms with Crippen LogP contribution in [0.4, 0.5) is 0 Å². The van der Waals surface area contributed by atoms with Crippen molar-refractivity contribution in [1.29, 1.82) is 0 Å². The summed E-state index contributed by atoms with van der Waals surface area (Å²) in [6.07, 6.45) is 3.54. The van der Waals surface area contributed by atoms with E-state index in [9.17, 15) is 8.42 Å². The van der Waals surface area contributed by atoms with E-state index in [2.05, 4.69) is 32.6 Å². The van der Waals surface area contributed by atoms with Crippen LogP contribution >= 0.6 is 22.6 Å². The van der Waals surface area contributed by atoms with Gasteiger partial charge in [0.15, 0.2) is 14.9 Å². The topological polar surface area (TPSA) is 69.2 Å². The van der Waals surface area contributed by atoms with Gasteiger partial charge in [-0.2, -0.15) is 0 Å². The lowest BCUT2D eigenvalue weighted by atomic mass is 10.3. The molecule has 0 aliphatic rings. The maximum atomic E-state index is 11.2. The summed E-state index contributed by atoms with van der Waals surface area (Å²) in [5, 5.41) is -0.0718. The summed E-state index contributed by atoms with van der Waals surface area (Å²) >= 11 is 2.19. The first-order valence-electron chi connectivity index (χ1n) is 4.91. The minimum Gasteiger partial charge on any atom is -0.438 e. The van der Waals surface area contributed by atoms with Crippen LogP contribution in [0.5, 0.6) is 11.6 Å². The average Bonchev–Trinajstić information content (AvgIpc) is 2.32. The fraction of sp³-hybridized carbons (Fsp3) is 0.0909. The third-order valence-electron chi connectivity index (χ3n) is 2.02. The first-order valence-corrected chi connectivity index (χ1v) is 7.88. The van der Waals surface area contributed by atoms with Gasteiger partial charge in [-0.3, -0.25) is 0 Å². The predicted octanol–water partition coefficient (Wildman–Crippen LogP) is 2.28. The van der Waals surface area contributed by atoms with E-state index in [0.29, 0.717) is 5.75 Å². The lowest BCUT2D eigenvalue weighted by molar-refractivity contribution is 0.458. The molecule has 0 saturated carbocycles. The average molecular weight is 376 g/mol. The molecule has 1 heterocycles. The molecule has 5 nitrogen and oxygen atoms in total. The monoisotopic (exact) mass is 376 g/mol. The summed E-state index contributed by atoms with van der Waals surface area (Å²) in [5.41, 5.74) is 0. The number of rotatable bonds is 3. The third-order valence-corrected chi connectivity index (χ3v) is 3.71.